The van der Waals surface area contributed by atoms with Crippen molar-refractivity contribution in [2.45, 2.75) is 26.3 Å². The molecule has 0 aliphatic carbocycles. The first-order valence-electron chi connectivity index (χ1n) is 12.3. The van der Waals surface area contributed by atoms with E-state index in [2.05, 4.69) is 64.8 Å². The summed E-state index contributed by atoms with van der Waals surface area (Å²) in [5.74, 6) is 0.599. The predicted octanol–water partition coefficient (Wildman–Crippen LogP) is 5.57. The number of carbonyl (C=O) groups is 1. The van der Waals surface area contributed by atoms with Crippen molar-refractivity contribution in [1.29, 1.82) is 0 Å². The molecular weight excluding hydrogens is 460 g/mol. The van der Waals surface area contributed by atoms with E-state index in [0.29, 0.717) is 25.2 Å². The van der Waals surface area contributed by atoms with Gasteiger partial charge in [0.25, 0.3) is 0 Å². The zero-order valence-corrected chi connectivity index (χ0v) is 20.5. The second kappa shape index (κ2) is 9.35. The van der Waals surface area contributed by atoms with Gasteiger partial charge in [-0.05, 0) is 48.2 Å². The SMILES string of the molecule is CC(=O)CCc1cccc(-c2cc(-c3ccc4cn(Cc5ccccc5)nc4c3)c3c(N)ncnn23)c1. The van der Waals surface area contributed by atoms with E-state index in [9.17, 15) is 4.79 Å². The summed E-state index contributed by atoms with van der Waals surface area (Å²) in [5, 5.41) is 10.4. The highest BCUT2D eigenvalue weighted by Crippen LogP contribution is 2.36. The number of nitrogen functional groups attached to an aromatic ring is 1. The Balaban J connectivity index is 1.42. The molecule has 182 valence electrons. The number of rotatable bonds is 7. The number of aryl methyl sites for hydroxylation is 1. The van der Waals surface area contributed by atoms with Crippen molar-refractivity contribution in [3.63, 3.8) is 0 Å². The molecule has 0 aliphatic rings. The minimum absolute atomic E-state index is 0.183. The van der Waals surface area contributed by atoms with E-state index in [1.807, 2.05) is 39.5 Å². The minimum Gasteiger partial charge on any atom is -0.382 e. The monoisotopic (exact) mass is 486 g/mol. The first-order valence-corrected chi connectivity index (χ1v) is 12.3. The summed E-state index contributed by atoms with van der Waals surface area (Å²) in [7, 11) is 0. The molecule has 0 fully saturated rings. The average Bonchev–Trinajstić information content (AvgIpc) is 3.49. The van der Waals surface area contributed by atoms with Gasteiger partial charge in [-0.15, -0.1) is 0 Å². The standard InChI is InChI=1S/C30H26N6O/c1-20(37)10-11-21-8-5-9-24(14-21)28-16-26(29-30(31)32-19-33-36(28)29)23-12-13-25-18-35(34-27(25)15-23)17-22-6-3-2-4-7-22/h2-9,12-16,18-19H,10-11,17H2,1H3,(H2,31,32,33). The maximum atomic E-state index is 11.5. The summed E-state index contributed by atoms with van der Waals surface area (Å²) >= 11 is 0. The summed E-state index contributed by atoms with van der Waals surface area (Å²) < 4.78 is 3.82. The van der Waals surface area contributed by atoms with E-state index in [1.165, 1.54) is 11.9 Å². The van der Waals surface area contributed by atoms with Crippen molar-refractivity contribution >= 4 is 28.0 Å². The van der Waals surface area contributed by atoms with Crippen molar-refractivity contribution in [2.75, 3.05) is 5.73 Å². The van der Waals surface area contributed by atoms with Crippen molar-refractivity contribution in [1.82, 2.24) is 24.4 Å². The molecule has 3 heterocycles. The Labute approximate surface area is 214 Å². The van der Waals surface area contributed by atoms with Crippen molar-refractivity contribution < 1.29 is 4.79 Å². The van der Waals surface area contributed by atoms with Gasteiger partial charge in [0.15, 0.2) is 5.82 Å². The average molecular weight is 487 g/mol. The minimum atomic E-state index is 0.183. The molecule has 7 nitrogen and oxygen atoms in total. The highest BCUT2D eigenvalue weighted by atomic mass is 16.1. The molecule has 37 heavy (non-hydrogen) atoms. The van der Waals surface area contributed by atoms with Crippen molar-refractivity contribution in [3.8, 4) is 22.4 Å². The van der Waals surface area contributed by atoms with Gasteiger partial charge in [0.1, 0.15) is 17.6 Å². The number of benzene rings is 3. The lowest BCUT2D eigenvalue weighted by Gasteiger charge is -2.06. The number of nitrogens with two attached hydrogens (primary N) is 1. The zero-order valence-electron chi connectivity index (χ0n) is 20.5. The van der Waals surface area contributed by atoms with Crippen LogP contribution >= 0.6 is 0 Å². The van der Waals surface area contributed by atoms with Gasteiger partial charge >= 0.3 is 0 Å². The molecule has 0 spiro atoms. The molecule has 7 heteroatoms. The number of hydrogen-bond donors (Lipinski definition) is 1. The number of carbonyl (C=O) groups excluding carboxylic acids is 1. The fourth-order valence-corrected chi connectivity index (χ4v) is 4.79. The lowest BCUT2D eigenvalue weighted by atomic mass is 10.0. The van der Waals surface area contributed by atoms with E-state index in [4.69, 9.17) is 10.8 Å². The molecular formula is C30H26N6O. The van der Waals surface area contributed by atoms with E-state index in [0.717, 1.165) is 44.4 Å². The molecule has 3 aromatic carbocycles. The van der Waals surface area contributed by atoms with Crippen LogP contribution in [0.3, 0.4) is 0 Å². The van der Waals surface area contributed by atoms with Crippen molar-refractivity contribution in [3.05, 3.63) is 103 Å². The number of ketones is 1. The van der Waals surface area contributed by atoms with Crippen LogP contribution in [0.15, 0.2) is 91.4 Å². The smallest absolute Gasteiger partial charge is 0.152 e. The van der Waals surface area contributed by atoms with E-state index >= 15 is 0 Å². The summed E-state index contributed by atoms with van der Waals surface area (Å²) in [5.41, 5.74) is 14.2. The highest BCUT2D eigenvalue weighted by molar-refractivity contribution is 5.95. The normalized spacial score (nSPS) is 11.4. The van der Waals surface area contributed by atoms with Crippen LogP contribution in [0.4, 0.5) is 5.82 Å². The molecule has 0 amide bonds. The molecule has 6 aromatic rings. The number of nitrogens with zero attached hydrogens (tertiary/aromatic N) is 5. The van der Waals surface area contributed by atoms with Crippen molar-refractivity contribution in [2.24, 2.45) is 0 Å². The summed E-state index contributed by atoms with van der Waals surface area (Å²) in [6, 6.07) is 26.9. The van der Waals surface area contributed by atoms with Crippen LogP contribution < -0.4 is 5.73 Å². The van der Waals surface area contributed by atoms with Gasteiger partial charge in [-0.25, -0.2) is 9.50 Å². The second-order valence-corrected chi connectivity index (χ2v) is 9.34. The molecule has 0 atom stereocenters. The molecule has 0 saturated carbocycles. The van der Waals surface area contributed by atoms with Gasteiger partial charge in [-0.2, -0.15) is 10.2 Å². The number of anilines is 1. The lowest BCUT2D eigenvalue weighted by Crippen LogP contribution is -2.01. The molecule has 0 aliphatic heterocycles. The molecule has 2 N–H and O–H groups in total. The van der Waals surface area contributed by atoms with Crippen LogP contribution in [-0.4, -0.2) is 30.2 Å². The van der Waals surface area contributed by atoms with Gasteiger partial charge in [0.2, 0.25) is 0 Å². The lowest BCUT2D eigenvalue weighted by molar-refractivity contribution is -0.116. The first-order chi connectivity index (χ1) is 18.0. The van der Waals surface area contributed by atoms with Gasteiger partial charge in [0, 0.05) is 29.1 Å². The number of Topliss-reactive ketones (excluding diaryl/α,β-unsaturated/α-hetero) is 1. The van der Waals surface area contributed by atoms with Crippen LogP contribution in [0, 0.1) is 0 Å². The van der Waals surface area contributed by atoms with Gasteiger partial charge < -0.3 is 10.5 Å². The Morgan fingerprint density at radius 2 is 1.76 bits per heavy atom. The Morgan fingerprint density at radius 1 is 0.919 bits per heavy atom. The number of aromatic nitrogens is 5. The van der Waals surface area contributed by atoms with Crippen LogP contribution in [0.1, 0.15) is 24.5 Å². The van der Waals surface area contributed by atoms with Crippen LogP contribution in [0.25, 0.3) is 38.8 Å². The van der Waals surface area contributed by atoms with Crippen LogP contribution in [0.5, 0.6) is 0 Å². The molecule has 0 radical (unpaired) electrons. The van der Waals surface area contributed by atoms with Crippen LogP contribution in [-0.2, 0) is 17.8 Å². The highest BCUT2D eigenvalue weighted by Gasteiger charge is 2.17. The molecule has 0 unspecified atom stereocenters. The Morgan fingerprint density at radius 3 is 2.59 bits per heavy atom. The fourth-order valence-electron chi connectivity index (χ4n) is 4.79. The Bertz CT molecular complexity index is 1750. The maximum absolute atomic E-state index is 11.5. The quantitative estimate of drug-likeness (QED) is 0.319. The van der Waals surface area contributed by atoms with Gasteiger partial charge in [0.05, 0.1) is 17.8 Å². The third-order valence-electron chi connectivity index (χ3n) is 6.62. The third kappa shape index (κ3) is 4.47. The van der Waals surface area contributed by atoms with Gasteiger partial charge in [-0.1, -0.05) is 60.7 Å². The fraction of sp³-hybridized carbons (Fsp3) is 0.133. The van der Waals surface area contributed by atoms with Gasteiger partial charge in [-0.3, -0.25) is 4.68 Å². The summed E-state index contributed by atoms with van der Waals surface area (Å²) in [4.78, 5) is 15.8. The van der Waals surface area contributed by atoms with E-state index in [-0.39, 0.29) is 5.78 Å². The Kier molecular flexibility index (Phi) is 5.73. The largest absolute Gasteiger partial charge is 0.382 e. The van der Waals surface area contributed by atoms with Crippen LogP contribution in [0.2, 0.25) is 0 Å². The molecule has 6 rings (SSSR count). The summed E-state index contributed by atoms with van der Waals surface area (Å²) in [6.45, 7) is 2.34. The topological polar surface area (TPSA) is 91.1 Å². The Hall–Kier alpha value is -4.78. The third-order valence-corrected chi connectivity index (χ3v) is 6.62. The molecule has 3 aromatic heterocycles. The second-order valence-electron chi connectivity index (χ2n) is 9.34. The number of hydrogen-bond acceptors (Lipinski definition) is 5. The zero-order chi connectivity index (χ0) is 25.4. The predicted molar refractivity (Wildman–Crippen MR) is 146 cm³/mol. The molecule has 0 bridgehead atoms. The first kappa shape index (κ1) is 22.7. The van der Waals surface area contributed by atoms with E-state index in [1.54, 1.807) is 6.92 Å². The number of fused-ring (bicyclic) bond motifs is 2. The van der Waals surface area contributed by atoms with E-state index < -0.39 is 0 Å². The maximum Gasteiger partial charge on any atom is 0.152 e. The molecule has 0 saturated heterocycles. The summed E-state index contributed by atoms with van der Waals surface area (Å²) in [6.07, 6.45) is 4.78.